The van der Waals surface area contributed by atoms with E-state index in [2.05, 4.69) is 29.3 Å². The van der Waals surface area contributed by atoms with Crippen LogP contribution in [-0.2, 0) is 16.1 Å². The third kappa shape index (κ3) is 6.01. The molecule has 1 saturated heterocycles. The summed E-state index contributed by atoms with van der Waals surface area (Å²) in [6.07, 6.45) is 1.64. The van der Waals surface area contributed by atoms with Gasteiger partial charge in [0.05, 0.1) is 19.6 Å². The van der Waals surface area contributed by atoms with Gasteiger partial charge in [0.25, 0.3) is 0 Å². The molecule has 1 aromatic rings. The number of halogens is 1. The zero-order chi connectivity index (χ0) is 15.8. The number of nitrogens with zero attached hydrogens (tertiary/aromatic N) is 2. The van der Waals surface area contributed by atoms with Crippen molar-refractivity contribution in [2.75, 3.05) is 26.7 Å². The van der Waals surface area contributed by atoms with Crippen LogP contribution in [0.3, 0.4) is 0 Å². The Hall–Kier alpha value is -1.31. The van der Waals surface area contributed by atoms with Crippen LogP contribution in [-0.4, -0.2) is 43.6 Å². The summed E-state index contributed by atoms with van der Waals surface area (Å²) in [4.78, 5) is 18.5. The zero-order valence-corrected chi connectivity index (χ0v) is 16.2. The topological polar surface area (TPSA) is 53.9 Å². The molecule has 23 heavy (non-hydrogen) atoms. The first kappa shape index (κ1) is 19.7. The molecule has 0 aromatic heterocycles. The third-order valence-corrected chi connectivity index (χ3v) is 3.92. The number of hydrogen-bond donors (Lipinski definition) is 1. The van der Waals surface area contributed by atoms with Gasteiger partial charge in [-0.3, -0.25) is 4.79 Å². The van der Waals surface area contributed by atoms with Crippen molar-refractivity contribution in [2.45, 2.75) is 26.3 Å². The predicted molar refractivity (Wildman–Crippen MR) is 103 cm³/mol. The Morgan fingerprint density at radius 2 is 1.96 bits per heavy atom. The Labute approximate surface area is 155 Å². The maximum atomic E-state index is 11.6. The van der Waals surface area contributed by atoms with E-state index in [0.29, 0.717) is 6.54 Å². The number of methoxy groups -OCH3 is 1. The number of nitrogens with one attached hydrogen (secondary N) is 1. The van der Waals surface area contributed by atoms with E-state index in [0.717, 1.165) is 38.4 Å². The molecule has 1 heterocycles. The minimum atomic E-state index is -0.0918. The van der Waals surface area contributed by atoms with E-state index in [1.54, 1.807) is 0 Å². The minimum absolute atomic E-state index is 0. The number of esters is 1. The molecular weight excluding hydrogens is 405 g/mol. The normalized spacial score (nSPS) is 15.7. The van der Waals surface area contributed by atoms with Crippen LogP contribution < -0.4 is 5.32 Å². The van der Waals surface area contributed by atoms with Crippen molar-refractivity contribution in [3.8, 4) is 0 Å². The first-order valence-electron chi connectivity index (χ1n) is 7.89. The first-order chi connectivity index (χ1) is 10.7. The highest BCUT2D eigenvalue weighted by atomic mass is 127. The van der Waals surface area contributed by atoms with E-state index < -0.39 is 0 Å². The molecule has 0 radical (unpaired) electrons. The van der Waals surface area contributed by atoms with Crippen LogP contribution in [0, 0.1) is 5.92 Å². The Morgan fingerprint density at radius 3 is 2.52 bits per heavy atom. The van der Waals surface area contributed by atoms with Gasteiger partial charge in [0, 0.05) is 19.6 Å². The van der Waals surface area contributed by atoms with Crippen LogP contribution in [0.15, 0.2) is 35.3 Å². The number of benzene rings is 1. The summed E-state index contributed by atoms with van der Waals surface area (Å²) < 4.78 is 4.83. The van der Waals surface area contributed by atoms with Gasteiger partial charge in [-0.1, -0.05) is 30.3 Å². The van der Waals surface area contributed by atoms with Crippen molar-refractivity contribution in [1.29, 1.82) is 0 Å². The number of piperidine rings is 1. The number of carbonyl (C=O) groups excluding carboxylic acids is 1. The molecule has 1 N–H and O–H groups in total. The van der Waals surface area contributed by atoms with E-state index in [1.807, 2.05) is 18.2 Å². The molecule has 1 aliphatic heterocycles. The largest absolute Gasteiger partial charge is 0.469 e. The lowest BCUT2D eigenvalue weighted by Gasteiger charge is -2.33. The van der Waals surface area contributed by atoms with E-state index in [-0.39, 0.29) is 35.9 Å². The second-order valence-electron chi connectivity index (χ2n) is 5.44. The van der Waals surface area contributed by atoms with E-state index in [9.17, 15) is 4.79 Å². The standard InChI is InChI=1S/C17H25N3O2.HI/c1-3-18-17(19-13-14-7-5-4-6-8-14)20-11-9-15(10-12-20)16(21)22-2;/h4-8,15H,3,9-13H2,1-2H3,(H,18,19);1H. The van der Waals surface area contributed by atoms with Gasteiger partial charge < -0.3 is 15.0 Å². The van der Waals surface area contributed by atoms with Crippen molar-refractivity contribution in [3.63, 3.8) is 0 Å². The van der Waals surface area contributed by atoms with Crippen molar-refractivity contribution >= 4 is 35.9 Å². The lowest BCUT2D eigenvalue weighted by Crippen LogP contribution is -2.46. The van der Waals surface area contributed by atoms with Gasteiger partial charge in [-0.05, 0) is 25.3 Å². The molecule has 128 valence electrons. The van der Waals surface area contributed by atoms with Gasteiger partial charge in [0.15, 0.2) is 5.96 Å². The number of ether oxygens (including phenoxy) is 1. The van der Waals surface area contributed by atoms with Crippen molar-refractivity contribution < 1.29 is 9.53 Å². The number of carbonyl (C=O) groups is 1. The number of rotatable bonds is 4. The highest BCUT2D eigenvalue weighted by molar-refractivity contribution is 14.0. The summed E-state index contributed by atoms with van der Waals surface area (Å²) >= 11 is 0. The maximum Gasteiger partial charge on any atom is 0.308 e. The molecule has 1 aliphatic rings. The van der Waals surface area contributed by atoms with Crippen LogP contribution in [0.5, 0.6) is 0 Å². The molecule has 1 aromatic carbocycles. The highest BCUT2D eigenvalue weighted by Crippen LogP contribution is 2.18. The molecule has 0 atom stereocenters. The molecule has 2 rings (SSSR count). The molecule has 5 nitrogen and oxygen atoms in total. The van der Waals surface area contributed by atoms with Gasteiger partial charge in [0.2, 0.25) is 0 Å². The monoisotopic (exact) mass is 431 g/mol. The third-order valence-electron chi connectivity index (χ3n) is 3.92. The Morgan fingerprint density at radius 1 is 1.30 bits per heavy atom. The second kappa shape index (κ2) is 10.5. The minimum Gasteiger partial charge on any atom is -0.469 e. The van der Waals surface area contributed by atoms with Crippen LogP contribution in [0.4, 0.5) is 0 Å². The number of hydrogen-bond acceptors (Lipinski definition) is 3. The first-order valence-corrected chi connectivity index (χ1v) is 7.89. The average Bonchev–Trinajstić information content (AvgIpc) is 2.59. The molecule has 0 aliphatic carbocycles. The molecule has 0 unspecified atom stereocenters. The van der Waals surface area contributed by atoms with Gasteiger partial charge in [0.1, 0.15) is 0 Å². The summed E-state index contributed by atoms with van der Waals surface area (Å²) in [5.41, 5.74) is 1.20. The fourth-order valence-electron chi connectivity index (χ4n) is 2.67. The molecule has 0 spiro atoms. The summed E-state index contributed by atoms with van der Waals surface area (Å²) in [7, 11) is 1.46. The molecule has 6 heteroatoms. The Kier molecular flexibility index (Phi) is 8.98. The van der Waals surface area contributed by atoms with Gasteiger partial charge in [-0.15, -0.1) is 24.0 Å². The summed E-state index contributed by atoms with van der Waals surface area (Å²) in [6.45, 7) is 5.24. The molecule has 0 amide bonds. The molecule has 1 fully saturated rings. The SMILES string of the molecule is CCNC(=NCc1ccccc1)N1CCC(C(=O)OC)CC1.I. The fraction of sp³-hybridized carbons (Fsp3) is 0.529. The highest BCUT2D eigenvalue weighted by Gasteiger charge is 2.26. The van der Waals surface area contributed by atoms with Crippen LogP contribution in [0.2, 0.25) is 0 Å². The molecular formula is C17H26IN3O2. The number of likely N-dealkylation sites (tertiary alicyclic amines) is 1. The molecule has 0 saturated carbocycles. The predicted octanol–water partition coefficient (Wildman–Crippen LogP) is 2.66. The molecule has 0 bridgehead atoms. The van der Waals surface area contributed by atoms with E-state index in [4.69, 9.17) is 9.73 Å². The summed E-state index contributed by atoms with van der Waals surface area (Å²) in [6, 6.07) is 10.2. The van der Waals surface area contributed by atoms with E-state index in [1.165, 1.54) is 12.7 Å². The van der Waals surface area contributed by atoms with Crippen molar-refractivity contribution in [2.24, 2.45) is 10.9 Å². The Balaban J connectivity index is 0.00000264. The van der Waals surface area contributed by atoms with Crippen LogP contribution in [0.25, 0.3) is 0 Å². The average molecular weight is 431 g/mol. The van der Waals surface area contributed by atoms with Crippen molar-refractivity contribution in [3.05, 3.63) is 35.9 Å². The van der Waals surface area contributed by atoms with Crippen molar-refractivity contribution in [1.82, 2.24) is 10.2 Å². The second-order valence-corrected chi connectivity index (χ2v) is 5.44. The van der Waals surface area contributed by atoms with Gasteiger partial charge in [-0.25, -0.2) is 4.99 Å². The zero-order valence-electron chi connectivity index (χ0n) is 13.8. The Bertz CT molecular complexity index is 500. The maximum absolute atomic E-state index is 11.6. The quantitative estimate of drug-likeness (QED) is 0.345. The lowest BCUT2D eigenvalue weighted by atomic mass is 9.97. The van der Waals surface area contributed by atoms with Crippen LogP contribution in [0.1, 0.15) is 25.3 Å². The smallest absolute Gasteiger partial charge is 0.308 e. The van der Waals surface area contributed by atoms with E-state index >= 15 is 0 Å². The number of guanidine groups is 1. The lowest BCUT2D eigenvalue weighted by molar-refractivity contribution is -0.146. The number of aliphatic imine (C=N–C) groups is 1. The van der Waals surface area contributed by atoms with Crippen LogP contribution >= 0.6 is 24.0 Å². The van der Waals surface area contributed by atoms with Gasteiger partial charge in [-0.2, -0.15) is 0 Å². The fourth-order valence-corrected chi connectivity index (χ4v) is 2.67. The van der Waals surface area contributed by atoms with Gasteiger partial charge >= 0.3 is 5.97 Å². The summed E-state index contributed by atoms with van der Waals surface area (Å²) in [5.74, 6) is 0.860. The summed E-state index contributed by atoms with van der Waals surface area (Å²) in [5, 5.41) is 3.34.